The van der Waals surface area contributed by atoms with E-state index in [1.165, 1.54) is 28.0 Å². The van der Waals surface area contributed by atoms with Gasteiger partial charge in [0.1, 0.15) is 11.2 Å². The zero-order valence-corrected chi connectivity index (χ0v) is 28.5. The molecule has 1 heterocycles. The van der Waals surface area contributed by atoms with Crippen molar-refractivity contribution in [2.75, 3.05) is 37.5 Å². The van der Waals surface area contributed by atoms with E-state index in [0.717, 1.165) is 0 Å². The molecule has 0 bridgehead atoms. The van der Waals surface area contributed by atoms with Crippen molar-refractivity contribution in [3.63, 3.8) is 0 Å². The molecule has 2 atom stereocenters. The predicted molar refractivity (Wildman–Crippen MR) is 175 cm³/mol. The van der Waals surface area contributed by atoms with Crippen LogP contribution in [0, 0.1) is 11.3 Å². The van der Waals surface area contributed by atoms with Gasteiger partial charge in [0.15, 0.2) is 12.2 Å². The van der Waals surface area contributed by atoms with Gasteiger partial charge in [-0.1, -0.05) is 12.1 Å². The maximum atomic E-state index is 13.4. The van der Waals surface area contributed by atoms with Crippen LogP contribution in [0.5, 0.6) is 0 Å². The lowest BCUT2D eigenvalue weighted by Crippen LogP contribution is -2.55. The molecule has 0 radical (unpaired) electrons. The molecule has 2 N–H and O–H groups in total. The molecule has 2 aromatic rings. The zero-order chi connectivity index (χ0) is 36.0. The van der Waals surface area contributed by atoms with Gasteiger partial charge in [0.25, 0.3) is 11.8 Å². The summed E-state index contributed by atoms with van der Waals surface area (Å²) < 4.78 is 16.3. The molecule has 1 aliphatic heterocycles. The van der Waals surface area contributed by atoms with Crippen molar-refractivity contribution in [1.29, 1.82) is 5.26 Å². The summed E-state index contributed by atoms with van der Waals surface area (Å²) in [6.45, 7) is 9.55. The van der Waals surface area contributed by atoms with E-state index >= 15 is 0 Å². The van der Waals surface area contributed by atoms with Crippen molar-refractivity contribution in [1.82, 2.24) is 9.80 Å². The number of imide groups is 1. The third kappa shape index (κ3) is 10.2. The number of anilines is 2. The Bertz CT molecular complexity index is 1560. The van der Waals surface area contributed by atoms with E-state index in [-0.39, 0.29) is 42.3 Å². The van der Waals surface area contributed by atoms with Crippen molar-refractivity contribution < 1.29 is 43.3 Å². The number of likely N-dealkylation sites (N-methyl/N-ethyl adjacent to an activating group) is 1. The summed E-state index contributed by atoms with van der Waals surface area (Å²) in [6.07, 6.45) is -5.32. The molecule has 0 spiro atoms. The van der Waals surface area contributed by atoms with Gasteiger partial charge in [-0.3, -0.25) is 14.4 Å². The summed E-state index contributed by atoms with van der Waals surface area (Å²) in [5, 5.41) is 23.2. The Morgan fingerprint density at radius 2 is 1.67 bits per heavy atom. The van der Waals surface area contributed by atoms with E-state index in [0.29, 0.717) is 16.2 Å². The SMILES string of the molecule is CN(C)C(=O)Cc1cccc(N2CCO[C@H]([C@@H](O)C(=O)Nc3ccc(C#N)c(CN(C(=O)OC(C)(C)C)C(=O)OC(C)(C)C)c3)C2=O)c1. The Balaban J connectivity index is 1.80. The number of rotatable bonds is 8. The van der Waals surface area contributed by atoms with E-state index in [1.54, 1.807) is 79.9 Å². The average molecular weight is 666 g/mol. The minimum atomic E-state index is -1.92. The fourth-order valence-electron chi connectivity index (χ4n) is 4.53. The van der Waals surface area contributed by atoms with Crippen LogP contribution in [0.15, 0.2) is 42.5 Å². The number of aliphatic hydroxyl groups is 1. The summed E-state index contributed by atoms with van der Waals surface area (Å²) in [7, 11) is 3.30. The summed E-state index contributed by atoms with van der Waals surface area (Å²) in [5.74, 6) is -1.73. The molecule has 0 unspecified atom stereocenters. The third-order valence-corrected chi connectivity index (χ3v) is 6.80. The van der Waals surface area contributed by atoms with Crippen LogP contribution in [-0.4, -0.2) is 95.5 Å². The van der Waals surface area contributed by atoms with Gasteiger partial charge in [-0.25, -0.2) is 14.5 Å². The first-order chi connectivity index (χ1) is 22.3. The number of nitriles is 1. The molecule has 0 aliphatic carbocycles. The molecule has 3 rings (SSSR count). The minimum Gasteiger partial charge on any atom is -0.443 e. The summed E-state index contributed by atoms with van der Waals surface area (Å²) in [4.78, 5) is 68.4. The molecule has 1 fully saturated rings. The van der Waals surface area contributed by atoms with Gasteiger partial charge in [-0.15, -0.1) is 0 Å². The number of benzene rings is 2. The van der Waals surface area contributed by atoms with Crippen molar-refractivity contribution in [2.24, 2.45) is 0 Å². The predicted octanol–water partition coefficient (Wildman–Crippen LogP) is 3.59. The Morgan fingerprint density at radius 3 is 2.23 bits per heavy atom. The lowest BCUT2D eigenvalue weighted by Gasteiger charge is -2.34. The van der Waals surface area contributed by atoms with Crippen LogP contribution in [0.3, 0.4) is 0 Å². The maximum Gasteiger partial charge on any atom is 0.420 e. The van der Waals surface area contributed by atoms with Crippen LogP contribution in [-0.2, 0) is 41.6 Å². The Hall–Kier alpha value is -5.00. The van der Waals surface area contributed by atoms with Crippen molar-refractivity contribution in [3.8, 4) is 6.07 Å². The topological polar surface area (TPSA) is 179 Å². The van der Waals surface area contributed by atoms with Crippen LogP contribution < -0.4 is 10.2 Å². The second-order valence-corrected chi connectivity index (χ2v) is 13.4. The minimum absolute atomic E-state index is 0.0355. The van der Waals surface area contributed by atoms with E-state index in [4.69, 9.17) is 14.2 Å². The second-order valence-electron chi connectivity index (χ2n) is 13.4. The van der Waals surface area contributed by atoms with E-state index in [2.05, 4.69) is 5.32 Å². The summed E-state index contributed by atoms with van der Waals surface area (Å²) >= 11 is 0. The van der Waals surface area contributed by atoms with Gasteiger partial charge in [0, 0.05) is 32.0 Å². The molecular weight excluding hydrogens is 622 g/mol. The van der Waals surface area contributed by atoms with Crippen LogP contribution in [0.1, 0.15) is 58.2 Å². The van der Waals surface area contributed by atoms with Gasteiger partial charge in [-0.05, 0) is 83.0 Å². The molecule has 5 amide bonds. The first-order valence-corrected chi connectivity index (χ1v) is 15.3. The fourth-order valence-corrected chi connectivity index (χ4v) is 4.53. The van der Waals surface area contributed by atoms with E-state index < -0.39 is 54.0 Å². The van der Waals surface area contributed by atoms with Crippen molar-refractivity contribution >= 4 is 41.3 Å². The highest BCUT2D eigenvalue weighted by Crippen LogP contribution is 2.24. The molecule has 258 valence electrons. The third-order valence-electron chi connectivity index (χ3n) is 6.80. The standard InChI is InChI=1S/C34H43N5O9/c1-33(2,3)47-31(44)39(32(45)48-34(4,5)6)20-23-18-24(13-12-22(23)19-35)36-29(42)27(41)28-30(43)38(14-15-46-28)25-11-9-10-21(16-25)17-26(40)37(7)8/h9-13,16,18,27-28,41H,14-15,17,20H2,1-8H3,(H,36,42)/t27-,28-/m1/s1. The van der Waals surface area contributed by atoms with Gasteiger partial charge in [-0.2, -0.15) is 5.26 Å². The molecule has 1 aliphatic rings. The number of hydrogen-bond donors (Lipinski definition) is 2. The largest absolute Gasteiger partial charge is 0.443 e. The first kappa shape index (κ1) is 37.5. The maximum absolute atomic E-state index is 13.4. The second kappa shape index (κ2) is 15.3. The highest BCUT2D eigenvalue weighted by atomic mass is 16.6. The van der Waals surface area contributed by atoms with Crippen molar-refractivity contribution in [3.05, 3.63) is 59.2 Å². The number of nitrogens with zero attached hydrogens (tertiary/aromatic N) is 4. The molecule has 0 saturated carbocycles. The van der Waals surface area contributed by atoms with Crippen LogP contribution in [0.25, 0.3) is 0 Å². The number of hydrogen-bond acceptors (Lipinski definition) is 10. The monoisotopic (exact) mass is 665 g/mol. The molecular formula is C34H43N5O9. The molecule has 1 saturated heterocycles. The highest BCUT2D eigenvalue weighted by Gasteiger charge is 2.39. The van der Waals surface area contributed by atoms with E-state index in [9.17, 15) is 34.3 Å². The highest BCUT2D eigenvalue weighted by molar-refractivity contribution is 6.04. The molecule has 48 heavy (non-hydrogen) atoms. The molecule has 14 heteroatoms. The van der Waals surface area contributed by atoms with Crippen molar-refractivity contribution in [2.45, 2.75) is 77.9 Å². The van der Waals surface area contributed by atoms with Gasteiger partial charge in [0.2, 0.25) is 5.91 Å². The number of carbonyl (C=O) groups is 5. The van der Waals surface area contributed by atoms with Crippen LogP contribution in [0.4, 0.5) is 21.0 Å². The number of ether oxygens (including phenoxy) is 3. The van der Waals surface area contributed by atoms with E-state index in [1.807, 2.05) is 6.07 Å². The molecule has 0 aromatic heterocycles. The number of carbonyl (C=O) groups excluding carboxylic acids is 5. The van der Waals surface area contributed by atoms with Gasteiger partial charge in [0.05, 0.1) is 31.2 Å². The Morgan fingerprint density at radius 1 is 1.04 bits per heavy atom. The van der Waals surface area contributed by atoms with Crippen LogP contribution >= 0.6 is 0 Å². The molecule has 2 aromatic carbocycles. The number of aliphatic hydroxyl groups excluding tert-OH is 1. The first-order valence-electron chi connectivity index (χ1n) is 15.3. The lowest BCUT2D eigenvalue weighted by atomic mass is 10.1. The smallest absolute Gasteiger partial charge is 0.420 e. The summed E-state index contributed by atoms with van der Waals surface area (Å²) in [6, 6.07) is 13.0. The van der Waals surface area contributed by atoms with Crippen LogP contribution in [0.2, 0.25) is 0 Å². The Kier molecular flexibility index (Phi) is 11.9. The Labute approximate surface area is 280 Å². The quantitative estimate of drug-likeness (QED) is 0.423. The van der Waals surface area contributed by atoms with Gasteiger partial charge < -0.3 is 34.4 Å². The molecule has 14 nitrogen and oxygen atoms in total. The fraction of sp³-hybridized carbons (Fsp3) is 0.471. The number of morpholine rings is 1. The normalized spacial score (nSPS) is 15.5. The number of nitrogens with one attached hydrogen (secondary N) is 1. The average Bonchev–Trinajstić information content (AvgIpc) is 2.98. The van der Waals surface area contributed by atoms with Gasteiger partial charge >= 0.3 is 12.2 Å². The zero-order valence-electron chi connectivity index (χ0n) is 28.5. The number of amides is 5. The lowest BCUT2D eigenvalue weighted by molar-refractivity contribution is -0.150. The summed E-state index contributed by atoms with van der Waals surface area (Å²) in [5.41, 5.74) is -0.325.